The van der Waals surface area contributed by atoms with Crippen LogP contribution >= 0.6 is 0 Å². The van der Waals surface area contributed by atoms with Crippen molar-refractivity contribution in [2.75, 3.05) is 31.5 Å². The number of nitriles is 1. The third-order valence-electron chi connectivity index (χ3n) is 8.33. The van der Waals surface area contributed by atoms with Gasteiger partial charge in [-0.25, -0.2) is 4.79 Å². The molecule has 0 aromatic heterocycles. The Balaban J connectivity index is 1.30. The highest BCUT2D eigenvalue weighted by Crippen LogP contribution is 2.62. The van der Waals surface area contributed by atoms with Crippen molar-refractivity contribution in [1.29, 1.82) is 5.26 Å². The van der Waals surface area contributed by atoms with Gasteiger partial charge in [0, 0.05) is 37.9 Å². The Hall–Kier alpha value is -3.09. The molecule has 2 aliphatic carbocycles. The molecule has 3 fully saturated rings. The third kappa shape index (κ3) is 5.46. The highest BCUT2D eigenvalue weighted by atomic mass is 19.4. The average Bonchev–Trinajstić information content (AvgIpc) is 3.48. The second-order valence-electron chi connectivity index (χ2n) is 10.6. The molecule has 1 heterocycles. The number of hydrogen-bond donors (Lipinski definition) is 2. The van der Waals surface area contributed by atoms with Gasteiger partial charge in [0.15, 0.2) is 0 Å². The van der Waals surface area contributed by atoms with Crippen LogP contribution in [0.3, 0.4) is 0 Å². The van der Waals surface area contributed by atoms with Gasteiger partial charge in [-0.3, -0.25) is 4.90 Å². The minimum absolute atomic E-state index is 0.0295. The second kappa shape index (κ2) is 9.99. The molecule has 0 radical (unpaired) electrons. The number of aliphatic hydroxyl groups is 1. The van der Waals surface area contributed by atoms with E-state index in [4.69, 9.17) is 0 Å². The number of carbonyl (C=O) groups is 1. The zero-order chi connectivity index (χ0) is 26.2. The lowest BCUT2D eigenvalue weighted by Crippen LogP contribution is -2.48. The number of hydrogen-bond acceptors (Lipinski definition) is 4. The number of carbonyl (C=O) groups excluding carboxylic acids is 1. The van der Waals surface area contributed by atoms with Crippen molar-refractivity contribution in [1.82, 2.24) is 9.80 Å². The van der Waals surface area contributed by atoms with Gasteiger partial charge in [-0.2, -0.15) is 18.4 Å². The van der Waals surface area contributed by atoms with E-state index in [-0.39, 0.29) is 23.2 Å². The zero-order valence-electron chi connectivity index (χ0n) is 20.5. The Morgan fingerprint density at radius 3 is 2.73 bits per heavy atom. The number of aliphatic hydroxyl groups excluding tert-OH is 1. The first kappa shape index (κ1) is 25.6. The van der Waals surface area contributed by atoms with E-state index in [2.05, 4.69) is 22.4 Å². The van der Waals surface area contributed by atoms with Crippen molar-refractivity contribution in [3.63, 3.8) is 0 Å². The predicted octanol–water partition coefficient (Wildman–Crippen LogP) is 4.99. The molecular weight excluding hydrogens is 481 g/mol. The van der Waals surface area contributed by atoms with E-state index < -0.39 is 17.8 Å². The first-order chi connectivity index (χ1) is 17.7. The Kier molecular flexibility index (Phi) is 6.90. The van der Waals surface area contributed by atoms with Crippen LogP contribution in [-0.4, -0.2) is 59.3 Å². The lowest BCUT2D eigenvalue weighted by molar-refractivity contribution is -0.137. The van der Waals surface area contributed by atoms with Crippen LogP contribution in [0.25, 0.3) is 0 Å². The molecule has 2 saturated carbocycles. The topological polar surface area (TPSA) is 79.6 Å². The van der Waals surface area contributed by atoms with Crippen LogP contribution in [-0.2, 0) is 11.6 Å². The number of β-amino-alcohol motifs (C(OH)–C–C–N with tert-alkyl or cyclic N) is 1. The average molecular weight is 513 g/mol. The van der Waals surface area contributed by atoms with Crippen LogP contribution in [0.1, 0.15) is 48.8 Å². The monoisotopic (exact) mass is 512 g/mol. The molecule has 2 aromatic carbocycles. The maximum absolute atomic E-state index is 13.4. The number of fused-ring (bicyclic) bond motifs is 1. The lowest BCUT2D eigenvalue weighted by Gasteiger charge is -2.37. The quantitative estimate of drug-likeness (QED) is 0.572. The van der Waals surface area contributed by atoms with Gasteiger partial charge in [-0.05, 0) is 79.3 Å². The summed E-state index contributed by atoms with van der Waals surface area (Å²) < 4.78 is 39.6. The Morgan fingerprint density at radius 2 is 2.03 bits per heavy atom. The summed E-state index contributed by atoms with van der Waals surface area (Å²) in [5, 5.41) is 21.9. The first-order valence-electron chi connectivity index (χ1n) is 12.8. The zero-order valence-corrected chi connectivity index (χ0v) is 20.5. The van der Waals surface area contributed by atoms with Crippen molar-refractivity contribution in [2.45, 2.75) is 55.8 Å². The fourth-order valence-corrected chi connectivity index (χ4v) is 6.23. The summed E-state index contributed by atoms with van der Waals surface area (Å²) in [6, 6.07) is 14.3. The van der Waals surface area contributed by atoms with Crippen LogP contribution < -0.4 is 5.32 Å². The van der Waals surface area contributed by atoms with E-state index in [0.717, 1.165) is 44.4 Å². The van der Waals surface area contributed by atoms with Crippen molar-refractivity contribution >= 4 is 11.7 Å². The smallest absolute Gasteiger partial charge is 0.392 e. The molecule has 1 aliphatic heterocycles. The Morgan fingerprint density at radius 1 is 1.22 bits per heavy atom. The van der Waals surface area contributed by atoms with Gasteiger partial charge < -0.3 is 15.3 Å². The molecule has 37 heavy (non-hydrogen) atoms. The minimum Gasteiger partial charge on any atom is -0.392 e. The maximum Gasteiger partial charge on any atom is 0.416 e. The number of alkyl halides is 3. The van der Waals surface area contributed by atoms with Crippen LogP contribution in [0.15, 0.2) is 48.5 Å². The van der Waals surface area contributed by atoms with E-state index in [9.17, 15) is 28.3 Å². The van der Waals surface area contributed by atoms with E-state index in [0.29, 0.717) is 37.5 Å². The van der Waals surface area contributed by atoms with Crippen molar-refractivity contribution < 1.29 is 23.1 Å². The number of amides is 2. The fraction of sp³-hybridized carbons (Fsp3) is 0.500. The minimum atomic E-state index is -4.49. The van der Waals surface area contributed by atoms with Gasteiger partial charge in [0.2, 0.25) is 0 Å². The Bertz CT molecular complexity index is 1200. The van der Waals surface area contributed by atoms with E-state index in [1.807, 2.05) is 12.1 Å². The second-order valence-corrected chi connectivity index (χ2v) is 10.6. The van der Waals surface area contributed by atoms with E-state index >= 15 is 0 Å². The largest absolute Gasteiger partial charge is 0.416 e. The van der Waals surface area contributed by atoms with Gasteiger partial charge in [-0.1, -0.05) is 18.2 Å². The van der Waals surface area contributed by atoms with Gasteiger partial charge >= 0.3 is 12.2 Å². The van der Waals surface area contributed by atoms with Crippen molar-refractivity contribution in [2.24, 2.45) is 5.92 Å². The molecule has 1 saturated heterocycles. The van der Waals surface area contributed by atoms with Crippen molar-refractivity contribution in [3.8, 4) is 6.07 Å². The molecule has 4 atom stereocenters. The standard InChI is InChI=1S/C28H31F3N4O2/c29-28(30,31)21-5-2-6-23(14-21)33-26(37)35(12-11-34-10-8-25(36)18-34)24-7-9-27(16-22(27)15-24)20-4-1-3-19(13-20)17-32/h1-6,13-14,22,24-25,36H,7-12,15-16,18H2,(H,33,37)/t22?,24-,25+,27-/m1/s1. The number of benzene rings is 2. The normalized spacial score (nSPS) is 27.3. The molecule has 0 spiro atoms. The van der Waals surface area contributed by atoms with Crippen LogP contribution in [0.4, 0.5) is 23.7 Å². The lowest BCUT2D eigenvalue weighted by atomic mass is 9.80. The molecule has 6 nitrogen and oxygen atoms in total. The van der Waals surface area contributed by atoms with E-state index in [1.165, 1.54) is 17.7 Å². The molecular formula is C28H31F3N4O2. The number of urea groups is 1. The summed E-state index contributed by atoms with van der Waals surface area (Å²) in [6.07, 6.45) is -0.642. The Labute approximate surface area is 214 Å². The summed E-state index contributed by atoms with van der Waals surface area (Å²) in [4.78, 5) is 17.3. The van der Waals surface area contributed by atoms with Gasteiger partial charge in [0.05, 0.1) is 23.3 Å². The van der Waals surface area contributed by atoms with Crippen molar-refractivity contribution in [3.05, 3.63) is 65.2 Å². The maximum atomic E-state index is 13.4. The van der Waals surface area contributed by atoms with Gasteiger partial charge in [0.1, 0.15) is 0 Å². The molecule has 196 valence electrons. The number of anilines is 1. The van der Waals surface area contributed by atoms with Gasteiger partial charge in [-0.15, -0.1) is 0 Å². The SMILES string of the molecule is N#Cc1cccc([C@]23CC[C@@H](N(CCN4CC[C@H](O)C4)C(=O)Nc4cccc(C(F)(F)F)c4)CC2C3)c1. The summed E-state index contributed by atoms with van der Waals surface area (Å²) in [5.74, 6) is 0.401. The molecule has 2 aromatic rings. The number of nitrogens with zero attached hydrogens (tertiary/aromatic N) is 3. The molecule has 3 aliphatic rings. The third-order valence-corrected chi connectivity index (χ3v) is 8.33. The van der Waals surface area contributed by atoms with Gasteiger partial charge in [0.25, 0.3) is 0 Å². The highest BCUT2D eigenvalue weighted by molar-refractivity contribution is 5.89. The van der Waals surface area contributed by atoms with E-state index in [1.54, 1.807) is 11.0 Å². The summed E-state index contributed by atoms with van der Waals surface area (Å²) >= 11 is 0. The first-order valence-corrected chi connectivity index (χ1v) is 12.8. The number of halogens is 3. The molecule has 2 amide bonds. The summed E-state index contributed by atoms with van der Waals surface area (Å²) in [5.41, 5.74) is 1.19. The number of likely N-dealkylation sites (tertiary alicyclic amines) is 1. The van der Waals surface area contributed by atoms with Crippen LogP contribution in [0.5, 0.6) is 0 Å². The molecule has 9 heteroatoms. The van der Waals surface area contributed by atoms with Crippen LogP contribution in [0.2, 0.25) is 0 Å². The summed E-state index contributed by atoms with van der Waals surface area (Å²) in [6.45, 7) is 2.36. The molecule has 5 rings (SSSR count). The highest BCUT2D eigenvalue weighted by Gasteiger charge is 2.58. The molecule has 1 unspecified atom stereocenters. The number of nitrogens with one attached hydrogen (secondary N) is 1. The molecule has 2 N–H and O–H groups in total. The predicted molar refractivity (Wildman–Crippen MR) is 133 cm³/mol. The molecule has 0 bridgehead atoms. The summed E-state index contributed by atoms with van der Waals surface area (Å²) in [7, 11) is 0. The fourth-order valence-electron chi connectivity index (χ4n) is 6.23. The van der Waals surface area contributed by atoms with Crippen LogP contribution in [0, 0.1) is 17.2 Å². The number of rotatable bonds is 6.